The molecule has 0 aromatic rings. The van der Waals surface area contributed by atoms with Gasteiger partial charge in [-0.15, -0.1) is 0 Å². The average molecular weight is 273 g/mol. The van der Waals surface area contributed by atoms with Crippen LogP contribution in [0.15, 0.2) is 0 Å². The molecule has 2 N–H and O–H groups in total. The molecule has 6 nitrogen and oxygen atoms in total. The first-order chi connectivity index (χ1) is 6.13. The molecular formula is C5H11NNa2O5P2. The summed E-state index contributed by atoms with van der Waals surface area (Å²) in [4.78, 5) is 40.7. The zero-order valence-electron chi connectivity index (χ0n) is 8.87. The number of ether oxygens (including phenoxy) is 1. The fraction of sp³-hybridized carbons (Fsp3) is 1.00. The Hall–Kier alpha value is 2.62. The van der Waals surface area contributed by atoms with Gasteiger partial charge in [-0.3, -0.25) is 13.3 Å². The van der Waals surface area contributed by atoms with Gasteiger partial charge < -0.3 is 24.3 Å². The van der Waals surface area contributed by atoms with Crippen LogP contribution in [-0.2, 0) is 4.74 Å². The van der Waals surface area contributed by atoms with Crippen molar-refractivity contribution in [2.75, 3.05) is 26.3 Å². The van der Waals surface area contributed by atoms with Crippen molar-refractivity contribution in [3.05, 3.63) is 0 Å². The topological polar surface area (TPSA) is 99.1 Å². The van der Waals surface area contributed by atoms with E-state index in [1.54, 1.807) is 0 Å². The van der Waals surface area contributed by atoms with Crippen LogP contribution in [0.1, 0.15) is 0 Å². The number of nitrogens with zero attached hydrogens (tertiary/aromatic N) is 1. The minimum atomic E-state index is -2.83. The summed E-state index contributed by atoms with van der Waals surface area (Å²) in [5, 5.41) is 0. The fourth-order valence-electron chi connectivity index (χ4n) is 1.17. The molecule has 0 aromatic heterocycles. The van der Waals surface area contributed by atoms with Gasteiger partial charge in [0.15, 0.2) is 8.38 Å². The van der Waals surface area contributed by atoms with E-state index in [1.807, 2.05) is 0 Å². The summed E-state index contributed by atoms with van der Waals surface area (Å²) in [6, 6.07) is 0. The van der Waals surface area contributed by atoms with Crippen LogP contribution in [0, 0.1) is 0 Å². The third-order valence-corrected chi connectivity index (χ3v) is 4.40. The Morgan fingerprint density at radius 2 is 1.60 bits per heavy atom. The van der Waals surface area contributed by atoms with E-state index in [1.165, 1.54) is 4.90 Å². The van der Waals surface area contributed by atoms with Crippen molar-refractivity contribution < 1.29 is 83.4 Å². The first kappa shape index (κ1) is 19.9. The molecule has 1 unspecified atom stereocenters. The van der Waals surface area contributed by atoms with Crippen molar-refractivity contribution in [2.24, 2.45) is 0 Å². The van der Waals surface area contributed by atoms with Crippen LogP contribution < -0.4 is 68.9 Å². The Morgan fingerprint density at radius 1 is 1.13 bits per heavy atom. The van der Waals surface area contributed by atoms with E-state index in [2.05, 4.69) is 0 Å². The second kappa shape index (κ2) is 10.5. The van der Waals surface area contributed by atoms with Crippen LogP contribution in [0.25, 0.3) is 0 Å². The minimum Gasteiger partial charge on any atom is -0.840 e. The van der Waals surface area contributed by atoms with Crippen molar-refractivity contribution in [3.8, 4) is 0 Å². The molecule has 0 aromatic carbocycles. The van der Waals surface area contributed by atoms with Crippen LogP contribution in [0.5, 0.6) is 0 Å². The Morgan fingerprint density at radius 3 is 1.93 bits per heavy atom. The molecule has 0 spiro atoms. The molecule has 1 aliphatic heterocycles. The SMILES string of the molecule is [Na+].[Na+].[O-]P([O-])C(N1CCOCC1)P(O)O. The summed E-state index contributed by atoms with van der Waals surface area (Å²) in [5.74, 6) is 0. The molecule has 0 radical (unpaired) electrons. The molecule has 78 valence electrons. The van der Waals surface area contributed by atoms with Gasteiger partial charge in [-0.05, 0) is 0 Å². The Kier molecular flexibility index (Phi) is 14.0. The maximum atomic E-state index is 10.7. The summed E-state index contributed by atoms with van der Waals surface area (Å²) in [5.41, 5.74) is -1.14. The first-order valence-corrected chi connectivity index (χ1v) is 6.31. The van der Waals surface area contributed by atoms with Gasteiger partial charge >= 0.3 is 59.1 Å². The van der Waals surface area contributed by atoms with Crippen molar-refractivity contribution in [3.63, 3.8) is 0 Å². The van der Waals surface area contributed by atoms with Gasteiger partial charge in [-0.1, -0.05) is 0 Å². The predicted octanol–water partition coefficient (Wildman–Crippen LogP) is -8.06. The van der Waals surface area contributed by atoms with Crippen LogP contribution in [0.2, 0.25) is 0 Å². The summed E-state index contributed by atoms with van der Waals surface area (Å²) in [6.07, 6.45) is 0. The Labute approximate surface area is 135 Å². The van der Waals surface area contributed by atoms with Gasteiger partial charge in [0.2, 0.25) is 0 Å². The van der Waals surface area contributed by atoms with Crippen molar-refractivity contribution in [2.45, 2.75) is 5.52 Å². The number of hydrogen-bond acceptors (Lipinski definition) is 6. The molecule has 0 aliphatic carbocycles. The summed E-state index contributed by atoms with van der Waals surface area (Å²) >= 11 is 0. The summed E-state index contributed by atoms with van der Waals surface area (Å²) < 4.78 is 5.01. The van der Waals surface area contributed by atoms with Crippen molar-refractivity contribution >= 4 is 16.8 Å². The Bertz CT molecular complexity index is 152. The third kappa shape index (κ3) is 6.94. The zero-order chi connectivity index (χ0) is 9.84. The van der Waals surface area contributed by atoms with E-state index in [-0.39, 0.29) is 59.1 Å². The zero-order valence-corrected chi connectivity index (χ0v) is 14.7. The van der Waals surface area contributed by atoms with Crippen molar-refractivity contribution in [1.82, 2.24) is 4.90 Å². The monoisotopic (exact) mass is 273 g/mol. The smallest absolute Gasteiger partial charge is 0.840 e. The molecule has 1 atom stereocenters. The van der Waals surface area contributed by atoms with E-state index in [0.29, 0.717) is 26.3 Å². The largest absolute Gasteiger partial charge is 1.00 e. The average Bonchev–Trinajstić information content (AvgIpc) is 2.04. The van der Waals surface area contributed by atoms with E-state index in [4.69, 9.17) is 14.5 Å². The molecule has 1 fully saturated rings. The Balaban J connectivity index is 0. The molecule has 1 saturated heterocycles. The maximum Gasteiger partial charge on any atom is 1.00 e. The van der Waals surface area contributed by atoms with E-state index in [9.17, 15) is 9.79 Å². The van der Waals surface area contributed by atoms with Gasteiger partial charge in [0, 0.05) is 13.1 Å². The van der Waals surface area contributed by atoms with Gasteiger partial charge in [-0.25, -0.2) is 0 Å². The summed E-state index contributed by atoms with van der Waals surface area (Å²) in [7, 11) is -5.28. The van der Waals surface area contributed by atoms with Crippen molar-refractivity contribution in [1.29, 1.82) is 0 Å². The third-order valence-electron chi connectivity index (χ3n) is 1.77. The molecule has 0 bridgehead atoms. The molecule has 15 heavy (non-hydrogen) atoms. The fourth-order valence-corrected chi connectivity index (χ4v) is 2.87. The molecule has 1 heterocycles. The molecule has 1 rings (SSSR count). The van der Waals surface area contributed by atoms with Gasteiger partial charge in [0.25, 0.3) is 0 Å². The molecule has 10 heteroatoms. The minimum absolute atomic E-state index is 0. The first-order valence-electron chi connectivity index (χ1n) is 3.75. The van der Waals surface area contributed by atoms with Crippen LogP contribution >= 0.6 is 16.8 Å². The second-order valence-electron chi connectivity index (χ2n) is 2.60. The number of morpholine rings is 1. The maximum absolute atomic E-state index is 10.7. The predicted molar refractivity (Wildman–Crippen MR) is 44.5 cm³/mol. The van der Waals surface area contributed by atoms with Gasteiger partial charge in [0.1, 0.15) is 0 Å². The van der Waals surface area contributed by atoms with Crippen LogP contribution in [0.3, 0.4) is 0 Å². The number of rotatable bonds is 3. The number of hydrogen-bond donors (Lipinski definition) is 2. The molecule has 0 saturated carbocycles. The molecular weight excluding hydrogens is 262 g/mol. The quantitative estimate of drug-likeness (QED) is 0.391. The van der Waals surface area contributed by atoms with Crippen LogP contribution in [-0.4, -0.2) is 46.5 Å². The van der Waals surface area contributed by atoms with Crippen LogP contribution in [0.4, 0.5) is 0 Å². The van der Waals surface area contributed by atoms with E-state index < -0.39 is 22.3 Å². The van der Waals surface area contributed by atoms with E-state index in [0.717, 1.165) is 0 Å². The van der Waals surface area contributed by atoms with Gasteiger partial charge in [0.05, 0.1) is 18.7 Å². The second-order valence-corrected chi connectivity index (χ2v) is 5.20. The molecule has 1 aliphatic rings. The standard InChI is InChI=1S/C5H11NO5P2.2Na/c7-12(8)5(13(9)10)6-1-3-11-4-2-6;;/h5,7-8H,1-4H2;;/q-2;2*+1. The molecule has 0 amide bonds. The summed E-state index contributed by atoms with van der Waals surface area (Å²) in [6.45, 7) is 1.72. The normalized spacial score (nSPS) is 19.6. The van der Waals surface area contributed by atoms with E-state index >= 15 is 0 Å². The van der Waals surface area contributed by atoms with Gasteiger partial charge in [-0.2, -0.15) is 0 Å².